The van der Waals surface area contributed by atoms with Crippen LogP contribution in [0.2, 0.25) is 0 Å². The highest BCUT2D eigenvalue weighted by Gasteiger charge is 2.35. The van der Waals surface area contributed by atoms with Gasteiger partial charge in [-0.2, -0.15) is 13.2 Å². The number of rotatable bonds is 6. The van der Waals surface area contributed by atoms with Gasteiger partial charge in [-0.15, -0.1) is 0 Å². The molecule has 0 saturated carbocycles. The summed E-state index contributed by atoms with van der Waals surface area (Å²) in [5.41, 5.74) is -1.39. The molecule has 0 aliphatic carbocycles. The van der Waals surface area contributed by atoms with Crippen LogP contribution >= 0.6 is 0 Å². The Labute approximate surface area is 151 Å². The molecule has 0 spiro atoms. The largest absolute Gasteiger partial charge is 0.465 e. The molecular formula is C19H15F5O3. The van der Waals surface area contributed by atoms with Crippen molar-refractivity contribution in [1.29, 1.82) is 0 Å². The van der Waals surface area contributed by atoms with Gasteiger partial charge in [0.05, 0.1) is 12.2 Å². The molecule has 0 fully saturated rings. The molecule has 2 rings (SSSR count). The quantitative estimate of drug-likeness (QED) is 0.316. The van der Waals surface area contributed by atoms with Gasteiger partial charge in [-0.05, 0) is 55.3 Å². The number of carbonyl (C=O) groups is 2. The number of ether oxygens (including phenoxy) is 1. The molecule has 0 saturated heterocycles. The highest BCUT2D eigenvalue weighted by Crippen LogP contribution is 2.32. The van der Waals surface area contributed by atoms with Crippen LogP contribution in [0.1, 0.15) is 28.4 Å². The molecule has 27 heavy (non-hydrogen) atoms. The van der Waals surface area contributed by atoms with Crippen molar-refractivity contribution in [2.75, 3.05) is 6.61 Å². The van der Waals surface area contributed by atoms with E-state index in [4.69, 9.17) is 4.74 Å². The number of ketones is 1. The summed E-state index contributed by atoms with van der Waals surface area (Å²) in [6.45, 7) is 1.50. The predicted molar refractivity (Wildman–Crippen MR) is 86.0 cm³/mol. The Morgan fingerprint density at radius 3 is 2.19 bits per heavy atom. The highest BCUT2D eigenvalue weighted by atomic mass is 19.4. The Balaban J connectivity index is 2.32. The van der Waals surface area contributed by atoms with Crippen LogP contribution in [0.25, 0.3) is 0 Å². The topological polar surface area (TPSA) is 43.4 Å². The predicted octanol–water partition coefficient (Wildman–Crippen LogP) is 4.59. The number of halogens is 5. The minimum atomic E-state index is -4.85. The lowest BCUT2D eigenvalue weighted by atomic mass is 9.91. The Morgan fingerprint density at radius 2 is 1.67 bits per heavy atom. The van der Waals surface area contributed by atoms with Crippen molar-refractivity contribution < 1.29 is 36.3 Å². The van der Waals surface area contributed by atoms with E-state index in [1.54, 1.807) is 0 Å². The second-order valence-electron chi connectivity index (χ2n) is 5.69. The summed E-state index contributed by atoms with van der Waals surface area (Å²) in [6.07, 6.45) is -5.21. The third-order valence-electron chi connectivity index (χ3n) is 3.80. The number of Topliss-reactive ketones (excluding diaryl/α,β-unsaturated/α-hetero) is 1. The first-order valence-electron chi connectivity index (χ1n) is 7.95. The number of alkyl halides is 3. The lowest BCUT2D eigenvalue weighted by molar-refractivity contribution is -0.146. The molecule has 0 amide bonds. The molecule has 1 atom stereocenters. The van der Waals surface area contributed by atoms with Crippen molar-refractivity contribution in [3.63, 3.8) is 0 Å². The molecule has 1 unspecified atom stereocenters. The van der Waals surface area contributed by atoms with E-state index < -0.39 is 41.0 Å². The second-order valence-corrected chi connectivity index (χ2v) is 5.69. The summed E-state index contributed by atoms with van der Waals surface area (Å²) in [7, 11) is 0. The molecular weight excluding hydrogens is 371 g/mol. The average Bonchev–Trinajstić information content (AvgIpc) is 2.59. The van der Waals surface area contributed by atoms with E-state index >= 15 is 0 Å². The monoisotopic (exact) mass is 386 g/mol. The molecule has 0 aliphatic heterocycles. The van der Waals surface area contributed by atoms with Gasteiger partial charge in [0, 0.05) is 5.56 Å². The van der Waals surface area contributed by atoms with E-state index in [1.165, 1.54) is 19.1 Å². The molecule has 144 valence electrons. The molecule has 0 bridgehead atoms. The van der Waals surface area contributed by atoms with Crippen molar-refractivity contribution in [1.82, 2.24) is 0 Å². The zero-order valence-electron chi connectivity index (χ0n) is 14.1. The van der Waals surface area contributed by atoms with Crippen LogP contribution in [-0.2, 0) is 22.1 Å². The molecule has 0 heterocycles. The maximum absolute atomic E-state index is 13.8. The highest BCUT2D eigenvalue weighted by molar-refractivity contribution is 6.08. The van der Waals surface area contributed by atoms with E-state index in [-0.39, 0.29) is 24.2 Å². The van der Waals surface area contributed by atoms with Gasteiger partial charge in [0.25, 0.3) is 0 Å². The summed E-state index contributed by atoms with van der Waals surface area (Å²) in [6, 6.07) is 6.60. The number of hydrogen-bond donors (Lipinski definition) is 0. The number of hydrogen-bond acceptors (Lipinski definition) is 3. The van der Waals surface area contributed by atoms with Crippen molar-refractivity contribution in [2.45, 2.75) is 19.5 Å². The minimum Gasteiger partial charge on any atom is -0.465 e. The third kappa shape index (κ3) is 5.12. The van der Waals surface area contributed by atoms with E-state index in [9.17, 15) is 31.5 Å². The molecule has 0 aromatic heterocycles. The molecule has 0 N–H and O–H groups in total. The van der Waals surface area contributed by atoms with Crippen LogP contribution in [0.5, 0.6) is 0 Å². The van der Waals surface area contributed by atoms with E-state index in [2.05, 4.69) is 0 Å². The fourth-order valence-corrected chi connectivity index (χ4v) is 2.49. The molecule has 2 aromatic rings. The smallest absolute Gasteiger partial charge is 0.419 e. The lowest BCUT2D eigenvalue weighted by Gasteiger charge is -2.16. The normalized spacial score (nSPS) is 12.5. The number of esters is 1. The van der Waals surface area contributed by atoms with Crippen LogP contribution in [-0.4, -0.2) is 18.4 Å². The molecule has 8 heteroatoms. The second kappa shape index (κ2) is 8.28. The van der Waals surface area contributed by atoms with Gasteiger partial charge in [-0.3, -0.25) is 9.59 Å². The minimum absolute atomic E-state index is 0.0204. The summed E-state index contributed by atoms with van der Waals surface area (Å²) >= 11 is 0. The average molecular weight is 386 g/mol. The van der Waals surface area contributed by atoms with Gasteiger partial charge in [-0.25, -0.2) is 8.78 Å². The molecule has 2 aromatic carbocycles. The zero-order chi connectivity index (χ0) is 20.2. The molecule has 0 aliphatic rings. The van der Waals surface area contributed by atoms with Gasteiger partial charge in [-0.1, -0.05) is 6.07 Å². The standard InChI is InChI=1S/C19H15F5O3/c1-2-27-18(26)14(17(25)12-4-6-13(20)7-5-12)9-11-3-8-15(16(21)10-11)19(22,23)24/h3-8,10,14H,2,9H2,1H3. The molecule has 0 radical (unpaired) electrons. The first-order valence-corrected chi connectivity index (χ1v) is 7.95. The summed E-state index contributed by atoms with van der Waals surface area (Å²) < 4.78 is 69.6. The van der Waals surface area contributed by atoms with Crippen molar-refractivity contribution in [2.24, 2.45) is 5.92 Å². The van der Waals surface area contributed by atoms with Crippen LogP contribution in [0.15, 0.2) is 42.5 Å². The fraction of sp³-hybridized carbons (Fsp3) is 0.263. The maximum atomic E-state index is 13.8. The Morgan fingerprint density at radius 1 is 1.04 bits per heavy atom. The summed E-state index contributed by atoms with van der Waals surface area (Å²) in [4.78, 5) is 24.7. The first-order chi connectivity index (χ1) is 12.6. The SMILES string of the molecule is CCOC(=O)C(Cc1ccc(C(F)(F)F)c(F)c1)C(=O)c1ccc(F)cc1. The van der Waals surface area contributed by atoms with Gasteiger partial charge in [0.15, 0.2) is 5.78 Å². The maximum Gasteiger partial charge on any atom is 0.419 e. The number of carbonyl (C=O) groups excluding carboxylic acids is 2. The number of benzene rings is 2. The van der Waals surface area contributed by atoms with Crippen LogP contribution in [0, 0.1) is 17.6 Å². The van der Waals surface area contributed by atoms with E-state index in [0.717, 1.165) is 18.2 Å². The summed E-state index contributed by atoms with van der Waals surface area (Å²) in [5.74, 6) is -5.08. The van der Waals surface area contributed by atoms with Crippen LogP contribution in [0.3, 0.4) is 0 Å². The van der Waals surface area contributed by atoms with Gasteiger partial charge in [0.2, 0.25) is 0 Å². The van der Waals surface area contributed by atoms with Gasteiger partial charge >= 0.3 is 12.1 Å². The molecule has 3 nitrogen and oxygen atoms in total. The zero-order valence-corrected chi connectivity index (χ0v) is 14.1. The van der Waals surface area contributed by atoms with Crippen molar-refractivity contribution >= 4 is 11.8 Å². The van der Waals surface area contributed by atoms with Crippen LogP contribution in [0.4, 0.5) is 22.0 Å². The van der Waals surface area contributed by atoms with Gasteiger partial charge < -0.3 is 4.74 Å². The Hall–Kier alpha value is -2.77. The Bertz CT molecular complexity index is 828. The van der Waals surface area contributed by atoms with E-state index in [0.29, 0.717) is 12.1 Å². The lowest BCUT2D eigenvalue weighted by Crippen LogP contribution is -2.28. The first kappa shape index (κ1) is 20.5. The van der Waals surface area contributed by atoms with Crippen molar-refractivity contribution in [3.8, 4) is 0 Å². The van der Waals surface area contributed by atoms with E-state index in [1.807, 2.05) is 0 Å². The van der Waals surface area contributed by atoms with Crippen LogP contribution < -0.4 is 0 Å². The Kier molecular flexibility index (Phi) is 6.30. The van der Waals surface area contributed by atoms with Crippen molar-refractivity contribution in [3.05, 3.63) is 70.8 Å². The third-order valence-corrected chi connectivity index (χ3v) is 3.80. The summed E-state index contributed by atoms with van der Waals surface area (Å²) in [5, 5.41) is 0. The fourth-order valence-electron chi connectivity index (χ4n) is 2.49. The van der Waals surface area contributed by atoms with Gasteiger partial charge in [0.1, 0.15) is 17.6 Å².